The van der Waals surface area contributed by atoms with E-state index in [2.05, 4.69) is 10.3 Å². The maximum Gasteiger partial charge on any atom is 0.0607 e. The van der Waals surface area contributed by atoms with Crippen molar-refractivity contribution in [3.05, 3.63) is 30.1 Å². The van der Waals surface area contributed by atoms with Crippen molar-refractivity contribution in [1.82, 2.24) is 10.3 Å². The molecule has 1 aromatic heterocycles. The first-order chi connectivity index (χ1) is 6.77. The average Bonchev–Trinajstić information content (AvgIpc) is 2.26. The molecule has 0 bridgehead atoms. The van der Waals surface area contributed by atoms with Crippen molar-refractivity contribution >= 4 is 0 Å². The summed E-state index contributed by atoms with van der Waals surface area (Å²) in [5.41, 5.74) is 1.04. The summed E-state index contributed by atoms with van der Waals surface area (Å²) in [7, 11) is 0. The molecule has 78 valence electrons. The van der Waals surface area contributed by atoms with Gasteiger partial charge >= 0.3 is 0 Å². The molecule has 0 aliphatic rings. The summed E-state index contributed by atoms with van der Waals surface area (Å²) >= 11 is 0. The summed E-state index contributed by atoms with van der Waals surface area (Å²) in [6, 6.07) is 3.62. The van der Waals surface area contributed by atoms with Gasteiger partial charge in [-0.15, -0.1) is 0 Å². The first kappa shape index (κ1) is 11.1. The molecule has 3 N–H and O–H groups in total. The summed E-state index contributed by atoms with van der Waals surface area (Å²) in [6.07, 6.45) is 3.48. The Balaban J connectivity index is 2.54. The third-order valence-corrected chi connectivity index (χ3v) is 2.11. The Morgan fingerprint density at radius 3 is 2.64 bits per heavy atom. The third-order valence-electron chi connectivity index (χ3n) is 2.11. The van der Waals surface area contributed by atoms with Crippen LogP contribution in [0, 0.1) is 0 Å². The third kappa shape index (κ3) is 3.06. The van der Waals surface area contributed by atoms with Gasteiger partial charge in [-0.25, -0.2) is 0 Å². The van der Waals surface area contributed by atoms with Crippen molar-refractivity contribution < 1.29 is 10.2 Å². The minimum atomic E-state index is -0.273. The first-order valence-corrected chi connectivity index (χ1v) is 4.65. The van der Waals surface area contributed by atoms with Gasteiger partial charge in [-0.2, -0.15) is 0 Å². The maximum atomic E-state index is 8.88. The van der Waals surface area contributed by atoms with Gasteiger partial charge in [0.2, 0.25) is 0 Å². The molecule has 1 aromatic rings. The molecular weight excluding hydrogens is 180 g/mol. The monoisotopic (exact) mass is 196 g/mol. The van der Waals surface area contributed by atoms with Gasteiger partial charge in [-0.3, -0.25) is 4.98 Å². The van der Waals surface area contributed by atoms with Gasteiger partial charge in [0.1, 0.15) is 0 Å². The van der Waals surface area contributed by atoms with E-state index in [-0.39, 0.29) is 25.3 Å². The van der Waals surface area contributed by atoms with Crippen LogP contribution in [0.3, 0.4) is 0 Å². The number of aliphatic hydroxyl groups excluding tert-OH is 2. The molecule has 0 spiro atoms. The number of aromatic nitrogens is 1. The minimum absolute atomic E-state index is 0.0684. The molecule has 14 heavy (non-hydrogen) atoms. The van der Waals surface area contributed by atoms with Crippen LogP contribution in [0.25, 0.3) is 0 Å². The highest BCUT2D eigenvalue weighted by atomic mass is 16.3. The molecule has 0 radical (unpaired) electrons. The lowest BCUT2D eigenvalue weighted by molar-refractivity contribution is 0.163. The Morgan fingerprint density at radius 1 is 1.43 bits per heavy atom. The predicted octanol–water partition coefficient (Wildman–Crippen LogP) is 0.0854. The second kappa shape index (κ2) is 5.70. The number of hydrogen-bond donors (Lipinski definition) is 3. The highest BCUT2D eigenvalue weighted by Gasteiger charge is 2.11. The van der Waals surface area contributed by atoms with Crippen molar-refractivity contribution in [2.24, 2.45) is 0 Å². The van der Waals surface area contributed by atoms with Crippen LogP contribution in [0.4, 0.5) is 0 Å². The van der Waals surface area contributed by atoms with Gasteiger partial charge in [-0.1, -0.05) is 6.07 Å². The Hall–Kier alpha value is -0.970. The summed E-state index contributed by atoms with van der Waals surface area (Å²) in [5.74, 6) is 0. The summed E-state index contributed by atoms with van der Waals surface area (Å²) in [4.78, 5) is 4.00. The fourth-order valence-electron chi connectivity index (χ4n) is 1.25. The molecular formula is C10H16N2O2. The van der Waals surface area contributed by atoms with Gasteiger partial charge in [0.25, 0.3) is 0 Å². The molecule has 0 fully saturated rings. The number of pyridine rings is 1. The Labute approximate surface area is 83.6 Å². The Bertz CT molecular complexity index is 250. The molecule has 1 atom stereocenters. The number of rotatable bonds is 5. The van der Waals surface area contributed by atoms with E-state index in [1.807, 2.05) is 19.1 Å². The van der Waals surface area contributed by atoms with Crippen molar-refractivity contribution in [1.29, 1.82) is 0 Å². The lowest BCUT2D eigenvalue weighted by atomic mass is 10.1. The van der Waals surface area contributed by atoms with Gasteiger partial charge < -0.3 is 15.5 Å². The van der Waals surface area contributed by atoms with E-state index in [0.29, 0.717) is 0 Å². The SMILES string of the molecule is CC(NC(CO)CO)c1cccnc1. The molecule has 0 aliphatic heterocycles. The normalized spacial score (nSPS) is 13.1. The average molecular weight is 196 g/mol. The van der Waals surface area contributed by atoms with Crippen LogP contribution in [-0.2, 0) is 0 Å². The molecule has 0 saturated heterocycles. The lowest BCUT2D eigenvalue weighted by Crippen LogP contribution is -2.37. The highest BCUT2D eigenvalue weighted by Crippen LogP contribution is 2.10. The van der Waals surface area contributed by atoms with E-state index >= 15 is 0 Å². The van der Waals surface area contributed by atoms with Crippen molar-refractivity contribution in [2.45, 2.75) is 19.0 Å². The Kier molecular flexibility index (Phi) is 4.52. The van der Waals surface area contributed by atoms with E-state index in [1.165, 1.54) is 0 Å². The molecule has 4 nitrogen and oxygen atoms in total. The largest absolute Gasteiger partial charge is 0.395 e. The first-order valence-electron chi connectivity index (χ1n) is 4.65. The van der Waals surface area contributed by atoms with Crippen molar-refractivity contribution in [2.75, 3.05) is 13.2 Å². The van der Waals surface area contributed by atoms with E-state index in [4.69, 9.17) is 10.2 Å². The van der Waals surface area contributed by atoms with Crippen molar-refractivity contribution in [3.8, 4) is 0 Å². The van der Waals surface area contributed by atoms with Crippen LogP contribution >= 0.6 is 0 Å². The van der Waals surface area contributed by atoms with Crippen LogP contribution in [-0.4, -0.2) is 34.5 Å². The van der Waals surface area contributed by atoms with Crippen LogP contribution in [0.5, 0.6) is 0 Å². The van der Waals surface area contributed by atoms with Crippen LogP contribution in [0.2, 0.25) is 0 Å². The molecule has 0 saturated carbocycles. The number of hydrogen-bond acceptors (Lipinski definition) is 4. The molecule has 1 unspecified atom stereocenters. The van der Waals surface area contributed by atoms with Gasteiger partial charge in [0.05, 0.1) is 19.3 Å². The fraction of sp³-hybridized carbons (Fsp3) is 0.500. The second-order valence-electron chi connectivity index (χ2n) is 3.24. The fourth-order valence-corrected chi connectivity index (χ4v) is 1.25. The number of nitrogens with zero attached hydrogens (tertiary/aromatic N) is 1. The van der Waals surface area contributed by atoms with Crippen LogP contribution < -0.4 is 5.32 Å². The predicted molar refractivity (Wildman–Crippen MR) is 53.7 cm³/mol. The summed E-state index contributed by atoms with van der Waals surface area (Å²) in [6.45, 7) is 1.83. The number of aliphatic hydroxyl groups is 2. The van der Waals surface area contributed by atoms with E-state index in [0.717, 1.165) is 5.56 Å². The minimum Gasteiger partial charge on any atom is -0.395 e. The summed E-state index contributed by atoms with van der Waals surface area (Å²) in [5, 5.41) is 20.9. The molecule has 0 amide bonds. The molecule has 1 heterocycles. The zero-order chi connectivity index (χ0) is 10.4. The van der Waals surface area contributed by atoms with Crippen LogP contribution in [0.15, 0.2) is 24.5 Å². The van der Waals surface area contributed by atoms with Crippen molar-refractivity contribution in [3.63, 3.8) is 0 Å². The molecule has 0 aromatic carbocycles. The van der Waals surface area contributed by atoms with Gasteiger partial charge in [-0.05, 0) is 18.6 Å². The van der Waals surface area contributed by atoms with Gasteiger partial charge in [0, 0.05) is 18.4 Å². The van der Waals surface area contributed by atoms with Gasteiger partial charge in [0.15, 0.2) is 0 Å². The topological polar surface area (TPSA) is 65.4 Å². The van der Waals surface area contributed by atoms with E-state index in [1.54, 1.807) is 12.4 Å². The quantitative estimate of drug-likeness (QED) is 0.624. The molecule has 0 aliphatic carbocycles. The molecule has 4 heteroatoms. The Morgan fingerprint density at radius 2 is 2.14 bits per heavy atom. The van der Waals surface area contributed by atoms with E-state index < -0.39 is 0 Å². The second-order valence-corrected chi connectivity index (χ2v) is 3.24. The summed E-state index contributed by atoms with van der Waals surface area (Å²) < 4.78 is 0. The lowest BCUT2D eigenvalue weighted by Gasteiger charge is -2.19. The maximum absolute atomic E-state index is 8.88. The smallest absolute Gasteiger partial charge is 0.0607 e. The highest BCUT2D eigenvalue weighted by molar-refractivity contribution is 5.12. The standard InChI is InChI=1S/C10H16N2O2/c1-8(12-10(6-13)7-14)9-3-2-4-11-5-9/h2-5,8,10,12-14H,6-7H2,1H3. The van der Waals surface area contributed by atoms with Crippen LogP contribution in [0.1, 0.15) is 18.5 Å². The van der Waals surface area contributed by atoms with E-state index in [9.17, 15) is 0 Å². The number of nitrogens with one attached hydrogen (secondary N) is 1. The zero-order valence-corrected chi connectivity index (χ0v) is 8.22. The zero-order valence-electron chi connectivity index (χ0n) is 8.22. The molecule has 1 rings (SSSR count).